The van der Waals surface area contributed by atoms with Crippen molar-refractivity contribution in [2.45, 2.75) is 0 Å². The molecule has 0 radical (unpaired) electrons. The molecule has 0 amide bonds. The van der Waals surface area contributed by atoms with Crippen LogP contribution in [0.2, 0.25) is 5.15 Å². The first kappa shape index (κ1) is 7.31. The second-order valence-corrected chi connectivity index (χ2v) is 2.71. The molecule has 4 heteroatoms. The highest BCUT2D eigenvalue weighted by molar-refractivity contribution is 6.29. The van der Waals surface area contributed by atoms with Crippen LogP contribution in [0, 0.1) is 0 Å². The Morgan fingerprint density at radius 2 is 2.33 bits per heavy atom. The normalized spacial score (nSPS) is 10.4. The zero-order valence-corrected chi connectivity index (χ0v) is 6.99. The van der Waals surface area contributed by atoms with Crippen LogP contribution in [0.3, 0.4) is 0 Å². The van der Waals surface area contributed by atoms with Crippen molar-refractivity contribution in [3.05, 3.63) is 30.1 Å². The molecule has 0 spiro atoms. The van der Waals surface area contributed by atoms with Gasteiger partial charge in [-0.1, -0.05) is 18.2 Å². The quantitative estimate of drug-likeness (QED) is 0.629. The molecular weight excluding hydrogens is 174 g/mol. The van der Waals surface area contributed by atoms with Crippen molar-refractivity contribution >= 4 is 28.8 Å². The van der Waals surface area contributed by atoms with E-state index < -0.39 is 0 Å². The third-order valence-corrected chi connectivity index (χ3v) is 1.79. The molecule has 0 atom stereocenters. The van der Waals surface area contributed by atoms with Gasteiger partial charge in [0.2, 0.25) is 0 Å². The van der Waals surface area contributed by atoms with Gasteiger partial charge in [-0.2, -0.15) is 5.10 Å². The van der Waals surface area contributed by atoms with Crippen LogP contribution in [-0.4, -0.2) is 14.8 Å². The summed E-state index contributed by atoms with van der Waals surface area (Å²) in [4.78, 5) is 4.10. The van der Waals surface area contributed by atoms with Crippen molar-refractivity contribution in [3.63, 3.8) is 0 Å². The number of fused-ring (bicyclic) bond motifs is 1. The molecule has 2 aromatic rings. The molecule has 2 heterocycles. The summed E-state index contributed by atoms with van der Waals surface area (Å²) in [6.07, 6.45) is 3.31. The zero-order valence-electron chi connectivity index (χ0n) is 6.24. The van der Waals surface area contributed by atoms with E-state index >= 15 is 0 Å². The van der Waals surface area contributed by atoms with Gasteiger partial charge in [-0.15, -0.1) is 0 Å². The van der Waals surface area contributed by atoms with E-state index in [4.69, 9.17) is 11.6 Å². The smallest absolute Gasteiger partial charge is 0.163 e. The van der Waals surface area contributed by atoms with Crippen LogP contribution in [0.15, 0.2) is 24.9 Å². The van der Waals surface area contributed by atoms with E-state index in [1.165, 1.54) is 0 Å². The second-order valence-electron chi connectivity index (χ2n) is 2.32. The first-order chi connectivity index (χ1) is 5.81. The standard InChI is InChI=1S/C8H6ClN3/c1-2-12-8-6(5-10-12)3-4-7(9)11-8/h2-5H,1H2. The highest BCUT2D eigenvalue weighted by Gasteiger charge is 2.00. The lowest BCUT2D eigenvalue weighted by atomic mass is 10.4. The number of aromatic nitrogens is 3. The summed E-state index contributed by atoms with van der Waals surface area (Å²) in [6, 6.07) is 3.61. The summed E-state index contributed by atoms with van der Waals surface area (Å²) in [5.74, 6) is 0. The molecule has 0 saturated carbocycles. The molecule has 0 unspecified atom stereocenters. The van der Waals surface area contributed by atoms with Gasteiger partial charge < -0.3 is 0 Å². The van der Waals surface area contributed by atoms with E-state index in [-0.39, 0.29) is 0 Å². The Morgan fingerprint density at radius 3 is 3.08 bits per heavy atom. The maximum Gasteiger partial charge on any atom is 0.163 e. The van der Waals surface area contributed by atoms with Crippen LogP contribution in [0.5, 0.6) is 0 Å². The first-order valence-corrected chi connectivity index (χ1v) is 3.81. The lowest BCUT2D eigenvalue weighted by Gasteiger charge is -1.93. The molecule has 0 fully saturated rings. The fraction of sp³-hybridized carbons (Fsp3) is 0. The molecule has 0 aliphatic carbocycles. The van der Waals surface area contributed by atoms with Gasteiger partial charge in [-0.25, -0.2) is 9.67 Å². The van der Waals surface area contributed by atoms with Gasteiger partial charge in [0, 0.05) is 11.6 Å². The Hall–Kier alpha value is -1.35. The molecule has 0 bridgehead atoms. The minimum Gasteiger partial charge on any atom is -0.223 e. The van der Waals surface area contributed by atoms with Gasteiger partial charge in [0.15, 0.2) is 5.65 Å². The van der Waals surface area contributed by atoms with E-state index in [0.717, 1.165) is 11.0 Å². The summed E-state index contributed by atoms with van der Waals surface area (Å²) in [6.45, 7) is 3.60. The molecule has 3 nitrogen and oxygen atoms in total. The fourth-order valence-corrected chi connectivity index (χ4v) is 1.18. The van der Waals surface area contributed by atoms with Crippen molar-refractivity contribution in [1.82, 2.24) is 14.8 Å². The minimum atomic E-state index is 0.464. The SMILES string of the molecule is C=Cn1ncc2ccc(Cl)nc21. The number of nitrogens with zero attached hydrogens (tertiary/aromatic N) is 3. The van der Waals surface area contributed by atoms with Gasteiger partial charge in [0.05, 0.1) is 6.20 Å². The fourth-order valence-electron chi connectivity index (χ4n) is 1.03. The van der Waals surface area contributed by atoms with E-state index in [9.17, 15) is 0 Å². The second kappa shape index (κ2) is 2.60. The maximum absolute atomic E-state index is 5.72. The maximum atomic E-state index is 5.72. The van der Waals surface area contributed by atoms with Crippen molar-refractivity contribution in [3.8, 4) is 0 Å². The summed E-state index contributed by atoms with van der Waals surface area (Å²) < 4.78 is 1.58. The van der Waals surface area contributed by atoms with Crippen LogP contribution in [-0.2, 0) is 0 Å². The predicted molar refractivity (Wildman–Crippen MR) is 48.9 cm³/mol. The molecule has 2 aromatic heterocycles. The lowest BCUT2D eigenvalue weighted by Crippen LogP contribution is -1.89. The number of halogens is 1. The molecule has 0 aliphatic rings. The monoisotopic (exact) mass is 179 g/mol. The Balaban J connectivity index is 2.83. The van der Waals surface area contributed by atoms with Crippen molar-refractivity contribution in [2.24, 2.45) is 0 Å². The Kier molecular flexibility index (Phi) is 1.59. The Labute approximate surface area is 74.3 Å². The van der Waals surface area contributed by atoms with Crippen LogP contribution in [0.4, 0.5) is 0 Å². The number of rotatable bonds is 1. The first-order valence-electron chi connectivity index (χ1n) is 3.43. The van der Waals surface area contributed by atoms with Crippen molar-refractivity contribution in [2.75, 3.05) is 0 Å². The molecule has 0 saturated heterocycles. The number of pyridine rings is 1. The average molecular weight is 180 g/mol. The predicted octanol–water partition coefficient (Wildman–Crippen LogP) is 2.19. The topological polar surface area (TPSA) is 30.7 Å². The molecule has 0 N–H and O–H groups in total. The number of hydrogen-bond donors (Lipinski definition) is 0. The van der Waals surface area contributed by atoms with Crippen molar-refractivity contribution in [1.29, 1.82) is 0 Å². The third-order valence-electron chi connectivity index (χ3n) is 1.58. The van der Waals surface area contributed by atoms with E-state index in [1.807, 2.05) is 6.07 Å². The number of hydrogen-bond acceptors (Lipinski definition) is 2. The summed E-state index contributed by atoms with van der Waals surface area (Å²) >= 11 is 5.72. The van der Waals surface area contributed by atoms with Gasteiger partial charge in [0.1, 0.15) is 5.15 Å². The van der Waals surface area contributed by atoms with Crippen LogP contribution in [0.1, 0.15) is 0 Å². The molecular formula is C8H6ClN3. The van der Waals surface area contributed by atoms with Crippen LogP contribution < -0.4 is 0 Å². The van der Waals surface area contributed by atoms with Gasteiger partial charge >= 0.3 is 0 Å². The summed E-state index contributed by atoms with van der Waals surface area (Å²) in [7, 11) is 0. The Bertz CT molecular complexity index is 433. The molecule has 60 valence electrons. The van der Waals surface area contributed by atoms with Crippen LogP contribution >= 0.6 is 11.6 Å². The van der Waals surface area contributed by atoms with E-state index in [0.29, 0.717) is 5.15 Å². The molecule has 12 heavy (non-hydrogen) atoms. The highest BCUT2D eigenvalue weighted by atomic mass is 35.5. The van der Waals surface area contributed by atoms with Gasteiger partial charge in [0.25, 0.3) is 0 Å². The lowest BCUT2D eigenvalue weighted by molar-refractivity contribution is 0.952. The summed E-state index contributed by atoms with van der Waals surface area (Å²) in [5, 5.41) is 5.45. The largest absolute Gasteiger partial charge is 0.223 e. The van der Waals surface area contributed by atoms with Gasteiger partial charge in [-0.3, -0.25) is 0 Å². The third kappa shape index (κ3) is 0.987. The average Bonchev–Trinajstić information content (AvgIpc) is 2.46. The van der Waals surface area contributed by atoms with Crippen molar-refractivity contribution < 1.29 is 0 Å². The van der Waals surface area contributed by atoms with Gasteiger partial charge in [-0.05, 0) is 12.1 Å². The zero-order chi connectivity index (χ0) is 8.55. The molecule has 0 aliphatic heterocycles. The Morgan fingerprint density at radius 1 is 1.50 bits per heavy atom. The van der Waals surface area contributed by atoms with E-state index in [1.54, 1.807) is 23.1 Å². The highest BCUT2D eigenvalue weighted by Crippen LogP contribution is 2.14. The van der Waals surface area contributed by atoms with E-state index in [2.05, 4.69) is 16.7 Å². The minimum absolute atomic E-state index is 0.464. The molecule has 2 rings (SSSR count). The summed E-state index contributed by atoms with van der Waals surface area (Å²) in [5.41, 5.74) is 0.734. The molecule has 0 aromatic carbocycles. The van der Waals surface area contributed by atoms with Crippen LogP contribution in [0.25, 0.3) is 17.2 Å².